The molecule has 0 atom stereocenters. The molecule has 0 unspecified atom stereocenters. The summed E-state index contributed by atoms with van der Waals surface area (Å²) in [4.78, 5) is 4.20. The summed E-state index contributed by atoms with van der Waals surface area (Å²) in [7, 11) is 0. The molecule has 0 aliphatic heterocycles. The lowest BCUT2D eigenvalue weighted by Crippen LogP contribution is -2.01. The first-order valence-electron chi connectivity index (χ1n) is 6.07. The third-order valence-corrected chi connectivity index (χ3v) is 3.38. The number of nitrogens with one attached hydrogen (secondary N) is 1. The Kier molecular flexibility index (Phi) is 4.03. The predicted molar refractivity (Wildman–Crippen MR) is 77.8 cm³/mol. The van der Waals surface area contributed by atoms with E-state index in [-0.39, 0.29) is 0 Å². The summed E-state index contributed by atoms with van der Waals surface area (Å²) in [6, 6.07) is 9.78. The molecule has 4 heteroatoms. The van der Waals surface area contributed by atoms with Crippen LogP contribution in [0.15, 0.2) is 30.5 Å². The lowest BCUT2D eigenvalue weighted by molar-refractivity contribution is 1.13. The standard InChI is InChI=1S/C15H14ClN3/c1-3-11-6-4-5-10(2)14(11)19-15-13(16)12(9-17)7-8-18-15/h4-8H,3H2,1-2H3,(H,18,19). The molecule has 96 valence electrons. The minimum absolute atomic E-state index is 0.357. The van der Waals surface area contributed by atoms with E-state index in [9.17, 15) is 0 Å². The second kappa shape index (κ2) is 5.73. The van der Waals surface area contributed by atoms with Gasteiger partial charge in [0.1, 0.15) is 11.1 Å². The third kappa shape index (κ3) is 2.69. The van der Waals surface area contributed by atoms with Gasteiger partial charge in [0.15, 0.2) is 5.82 Å². The van der Waals surface area contributed by atoms with Crippen LogP contribution in [0.4, 0.5) is 11.5 Å². The number of pyridine rings is 1. The summed E-state index contributed by atoms with van der Waals surface area (Å²) in [5, 5.41) is 12.6. The Hall–Kier alpha value is -2.05. The predicted octanol–water partition coefficient (Wildman–Crippen LogP) is 4.22. The molecule has 0 radical (unpaired) electrons. The number of anilines is 2. The number of nitriles is 1. The number of para-hydroxylation sites is 1. The van der Waals surface area contributed by atoms with E-state index in [1.165, 1.54) is 5.56 Å². The number of rotatable bonds is 3. The van der Waals surface area contributed by atoms with E-state index in [1.54, 1.807) is 12.3 Å². The summed E-state index contributed by atoms with van der Waals surface area (Å²) >= 11 is 6.16. The second-order valence-corrected chi connectivity index (χ2v) is 4.60. The average Bonchev–Trinajstić information content (AvgIpc) is 2.43. The number of hydrogen-bond donors (Lipinski definition) is 1. The zero-order chi connectivity index (χ0) is 13.8. The van der Waals surface area contributed by atoms with Gasteiger partial charge < -0.3 is 5.32 Å². The second-order valence-electron chi connectivity index (χ2n) is 4.22. The van der Waals surface area contributed by atoms with Crippen LogP contribution in [0.25, 0.3) is 0 Å². The zero-order valence-electron chi connectivity index (χ0n) is 10.9. The number of hydrogen-bond acceptors (Lipinski definition) is 3. The van der Waals surface area contributed by atoms with Crippen LogP contribution in [0.5, 0.6) is 0 Å². The molecule has 1 aromatic carbocycles. The SMILES string of the molecule is CCc1cccc(C)c1Nc1nccc(C#N)c1Cl. The maximum absolute atomic E-state index is 8.97. The maximum Gasteiger partial charge on any atom is 0.150 e. The molecule has 0 saturated heterocycles. The van der Waals surface area contributed by atoms with Crippen LogP contribution in [0.1, 0.15) is 23.6 Å². The smallest absolute Gasteiger partial charge is 0.150 e. The van der Waals surface area contributed by atoms with Gasteiger partial charge in [-0.3, -0.25) is 0 Å². The van der Waals surface area contributed by atoms with Crippen LogP contribution in [0, 0.1) is 18.3 Å². The summed E-state index contributed by atoms with van der Waals surface area (Å²) in [6.07, 6.45) is 2.50. The summed E-state index contributed by atoms with van der Waals surface area (Å²) < 4.78 is 0. The molecule has 19 heavy (non-hydrogen) atoms. The highest BCUT2D eigenvalue weighted by atomic mass is 35.5. The van der Waals surface area contributed by atoms with Crippen LogP contribution in [-0.4, -0.2) is 4.98 Å². The number of halogens is 1. The Balaban J connectivity index is 2.45. The fourth-order valence-corrected chi connectivity index (χ4v) is 2.14. The van der Waals surface area contributed by atoms with Gasteiger partial charge in [0.2, 0.25) is 0 Å². The molecule has 1 aromatic heterocycles. The minimum Gasteiger partial charge on any atom is -0.339 e. The molecular weight excluding hydrogens is 258 g/mol. The van der Waals surface area contributed by atoms with Crippen LogP contribution >= 0.6 is 11.6 Å². The molecule has 0 fully saturated rings. The maximum atomic E-state index is 8.97. The summed E-state index contributed by atoms with van der Waals surface area (Å²) in [6.45, 7) is 4.13. The summed E-state index contributed by atoms with van der Waals surface area (Å²) in [5.41, 5.74) is 3.75. The van der Waals surface area contributed by atoms with Crippen LogP contribution in [0.2, 0.25) is 5.02 Å². The normalized spacial score (nSPS) is 10.0. The number of aryl methyl sites for hydroxylation is 2. The fraction of sp³-hybridized carbons (Fsp3) is 0.200. The van der Waals surface area contributed by atoms with E-state index in [4.69, 9.17) is 16.9 Å². The molecule has 0 spiro atoms. The van der Waals surface area contributed by atoms with E-state index in [0.717, 1.165) is 17.7 Å². The molecule has 1 heterocycles. The molecule has 0 amide bonds. The minimum atomic E-state index is 0.357. The Morgan fingerprint density at radius 3 is 2.84 bits per heavy atom. The highest BCUT2D eigenvalue weighted by Gasteiger charge is 2.10. The van der Waals surface area contributed by atoms with Crippen LogP contribution < -0.4 is 5.32 Å². The van der Waals surface area contributed by atoms with E-state index in [1.807, 2.05) is 19.1 Å². The molecule has 0 aliphatic carbocycles. The molecule has 3 nitrogen and oxygen atoms in total. The quantitative estimate of drug-likeness (QED) is 0.909. The average molecular weight is 272 g/mol. The molecule has 1 N–H and O–H groups in total. The van der Waals surface area contributed by atoms with Crippen molar-refractivity contribution in [2.75, 3.05) is 5.32 Å². The zero-order valence-corrected chi connectivity index (χ0v) is 11.6. The van der Waals surface area contributed by atoms with Crippen LogP contribution in [-0.2, 0) is 6.42 Å². The van der Waals surface area contributed by atoms with E-state index < -0.39 is 0 Å². The van der Waals surface area contributed by atoms with Crippen molar-refractivity contribution < 1.29 is 0 Å². The van der Waals surface area contributed by atoms with Gasteiger partial charge in [-0.05, 0) is 30.5 Å². The van der Waals surface area contributed by atoms with Gasteiger partial charge in [0, 0.05) is 11.9 Å². The van der Waals surface area contributed by atoms with Crippen molar-refractivity contribution in [3.05, 3.63) is 52.2 Å². The third-order valence-electron chi connectivity index (χ3n) is 2.99. The first-order chi connectivity index (χ1) is 9.17. The van der Waals surface area contributed by atoms with E-state index >= 15 is 0 Å². The Morgan fingerprint density at radius 2 is 2.16 bits per heavy atom. The van der Waals surface area contributed by atoms with Crippen molar-refractivity contribution in [2.45, 2.75) is 20.3 Å². The Labute approximate surface area is 117 Å². The molecule has 2 aromatic rings. The molecule has 0 bridgehead atoms. The number of aromatic nitrogens is 1. The first kappa shape index (κ1) is 13.4. The topological polar surface area (TPSA) is 48.7 Å². The van der Waals surface area contributed by atoms with Gasteiger partial charge in [0.05, 0.1) is 5.56 Å². The van der Waals surface area contributed by atoms with Gasteiger partial charge >= 0.3 is 0 Å². The highest BCUT2D eigenvalue weighted by molar-refractivity contribution is 6.34. The van der Waals surface area contributed by atoms with Gasteiger partial charge in [-0.25, -0.2) is 4.98 Å². The molecule has 0 aliphatic rings. The van der Waals surface area contributed by atoms with Crippen molar-refractivity contribution in [1.29, 1.82) is 5.26 Å². The van der Waals surface area contributed by atoms with Crippen LogP contribution in [0.3, 0.4) is 0 Å². The van der Waals surface area contributed by atoms with Gasteiger partial charge in [-0.15, -0.1) is 0 Å². The van der Waals surface area contributed by atoms with Crippen molar-refractivity contribution in [1.82, 2.24) is 4.98 Å². The lowest BCUT2D eigenvalue weighted by atomic mass is 10.1. The van der Waals surface area contributed by atoms with Gasteiger partial charge in [-0.1, -0.05) is 36.7 Å². The first-order valence-corrected chi connectivity index (χ1v) is 6.45. The number of benzene rings is 1. The van der Waals surface area contributed by atoms with Crippen molar-refractivity contribution in [3.63, 3.8) is 0 Å². The van der Waals surface area contributed by atoms with Crippen molar-refractivity contribution in [2.24, 2.45) is 0 Å². The largest absolute Gasteiger partial charge is 0.339 e. The van der Waals surface area contributed by atoms with Gasteiger partial charge in [0.25, 0.3) is 0 Å². The fourth-order valence-electron chi connectivity index (χ4n) is 1.94. The van der Waals surface area contributed by atoms with Gasteiger partial charge in [-0.2, -0.15) is 5.26 Å². The summed E-state index contributed by atoms with van der Waals surface area (Å²) in [5.74, 6) is 0.518. The van der Waals surface area contributed by atoms with Crippen molar-refractivity contribution >= 4 is 23.1 Å². The molecular formula is C15H14ClN3. The van der Waals surface area contributed by atoms with E-state index in [2.05, 4.69) is 29.4 Å². The number of nitrogens with zero attached hydrogens (tertiary/aromatic N) is 2. The molecule has 0 saturated carbocycles. The highest BCUT2D eigenvalue weighted by Crippen LogP contribution is 2.29. The van der Waals surface area contributed by atoms with Crippen molar-refractivity contribution in [3.8, 4) is 6.07 Å². The molecule has 2 rings (SSSR count). The Bertz CT molecular complexity index is 644. The van der Waals surface area contributed by atoms with E-state index in [0.29, 0.717) is 16.4 Å². The monoisotopic (exact) mass is 271 g/mol. The lowest BCUT2D eigenvalue weighted by Gasteiger charge is -2.14. The Morgan fingerprint density at radius 1 is 1.37 bits per heavy atom.